The summed E-state index contributed by atoms with van der Waals surface area (Å²) in [6.07, 6.45) is 0.328. The van der Waals surface area contributed by atoms with E-state index in [4.69, 9.17) is 16.3 Å². The zero-order valence-corrected chi connectivity index (χ0v) is 11.1. The molecule has 5 nitrogen and oxygen atoms in total. The van der Waals surface area contributed by atoms with E-state index in [-0.39, 0.29) is 24.5 Å². The molecule has 0 aliphatic rings. The molecule has 100 valence electrons. The van der Waals surface area contributed by atoms with Crippen molar-refractivity contribution in [2.75, 3.05) is 7.05 Å². The summed E-state index contributed by atoms with van der Waals surface area (Å²) >= 11 is 0. The van der Waals surface area contributed by atoms with Gasteiger partial charge in [0.15, 0.2) is 0 Å². The highest BCUT2D eigenvalue weighted by Gasteiger charge is 2.13. The van der Waals surface area contributed by atoms with E-state index in [0.717, 1.165) is 16.3 Å². The van der Waals surface area contributed by atoms with Gasteiger partial charge in [0, 0.05) is 19.5 Å². The number of carbonyl (C=O) groups is 1. The number of ether oxygens (including phenoxy) is 1. The summed E-state index contributed by atoms with van der Waals surface area (Å²) in [6.45, 7) is 3.94. The van der Waals surface area contributed by atoms with E-state index in [1.807, 2.05) is 38.1 Å². The maximum atomic E-state index is 11.4. The molecule has 0 aliphatic carbocycles. The molecule has 5 heteroatoms. The molecular formula is C13H21N3O2. The Hall–Kier alpha value is -1.59. The van der Waals surface area contributed by atoms with Crippen molar-refractivity contribution in [3.8, 4) is 5.75 Å². The van der Waals surface area contributed by atoms with Crippen LogP contribution in [0.5, 0.6) is 5.75 Å². The van der Waals surface area contributed by atoms with Crippen molar-refractivity contribution in [1.82, 2.24) is 5.01 Å². The van der Waals surface area contributed by atoms with E-state index < -0.39 is 0 Å². The summed E-state index contributed by atoms with van der Waals surface area (Å²) in [5, 5.41) is 1.05. The van der Waals surface area contributed by atoms with Crippen LogP contribution in [-0.4, -0.2) is 24.1 Å². The van der Waals surface area contributed by atoms with Gasteiger partial charge in [0.05, 0.1) is 6.10 Å². The normalized spacial score (nSPS) is 12.3. The molecule has 18 heavy (non-hydrogen) atoms. The fraction of sp³-hybridized carbons (Fsp3) is 0.462. The fourth-order valence-corrected chi connectivity index (χ4v) is 1.52. The smallest absolute Gasteiger partial charge is 0.238 e. The first-order chi connectivity index (χ1) is 8.40. The highest BCUT2D eigenvalue weighted by Crippen LogP contribution is 2.19. The fourth-order valence-electron chi connectivity index (χ4n) is 1.52. The van der Waals surface area contributed by atoms with Crippen LogP contribution in [-0.2, 0) is 4.79 Å². The van der Waals surface area contributed by atoms with Crippen molar-refractivity contribution >= 4 is 5.91 Å². The molecule has 1 unspecified atom stereocenters. The first kappa shape index (κ1) is 14.5. The Kier molecular flexibility index (Phi) is 5.12. The van der Waals surface area contributed by atoms with Gasteiger partial charge in [0.1, 0.15) is 5.75 Å². The van der Waals surface area contributed by atoms with Gasteiger partial charge in [-0.3, -0.25) is 9.80 Å². The monoisotopic (exact) mass is 251 g/mol. The van der Waals surface area contributed by atoms with Crippen molar-refractivity contribution in [3.05, 3.63) is 29.8 Å². The second kappa shape index (κ2) is 6.37. The molecule has 0 heterocycles. The Morgan fingerprint density at radius 3 is 2.33 bits per heavy atom. The molecule has 1 amide bonds. The third-order valence-electron chi connectivity index (χ3n) is 2.47. The maximum absolute atomic E-state index is 11.4. The Bertz CT molecular complexity index is 388. The lowest BCUT2D eigenvalue weighted by Crippen LogP contribution is -2.35. The van der Waals surface area contributed by atoms with Gasteiger partial charge in [-0.1, -0.05) is 12.1 Å². The van der Waals surface area contributed by atoms with Crippen molar-refractivity contribution in [2.24, 2.45) is 11.6 Å². The number of carbonyl (C=O) groups excluding carboxylic acids is 1. The minimum absolute atomic E-state index is 0.136. The largest absolute Gasteiger partial charge is 0.491 e. The summed E-state index contributed by atoms with van der Waals surface area (Å²) < 4.78 is 5.53. The average molecular weight is 251 g/mol. The molecule has 1 aromatic carbocycles. The molecule has 0 aliphatic heterocycles. The minimum Gasteiger partial charge on any atom is -0.491 e. The van der Waals surface area contributed by atoms with Gasteiger partial charge in [-0.15, -0.1) is 0 Å². The van der Waals surface area contributed by atoms with E-state index in [9.17, 15) is 4.79 Å². The van der Waals surface area contributed by atoms with Gasteiger partial charge in [0.2, 0.25) is 5.91 Å². The Balaban J connectivity index is 2.64. The lowest BCUT2D eigenvalue weighted by atomic mass is 10.0. The third kappa shape index (κ3) is 4.35. The van der Waals surface area contributed by atoms with Gasteiger partial charge < -0.3 is 10.5 Å². The molecule has 4 N–H and O–H groups in total. The molecule has 1 aromatic rings. The zero-order chi connectivity index (χ0) is 13.7. The number of benzene rings is 1. The van der Waals surface area contributed by atoms with E-state index >= 15 is 0 Å². The van der Waals surface area contributed by atoms with Crippen LogP contribution in [0.2, 0.25) is 0 Å². The van der Waals surface area contributed by atoms with Crippen LogP contribution in [0.1, 0.15) is 31.9 Å². The SMILES string of the molecule is CC(C)Oc1ccc(C(N)CC(=O)N(C)N)cc1. The Morgan fingerprint density at radius 1 is 1.33 bits per heavy atom. The second-order valence-electron chi connectivity index (χ2n) is 4.55. The molecule has 0 spiro atoms. The van der Waals surface area contributed by atoms with Gasteiger partial charge in [-0.25, -0.2) is 5.84 Å². The van der Waals surface area contributed by atoms with Crippen molar-refractivity contribution in [1.29, 1.82) is 0 Å². The second-order valence-corrected chi connectivity index (χ2v) is 4.55. The van der Waals surface area contributed by atoms with Crippen LogP contribution in [0.25, 0.3) is 0 Å². The van der Waals surface area contributed by atoms with Crippen molar-refractivity contribution in [3.63, 3.8) is 0 Å². The summed E-state index contributed by atoms with van der Waals surface area (Å²) in [5.41, 5.74) is 6.83. The van der Waals surface area contributed by atoms with Crippen LogP contribution in [0.3, 0.4) is 0 Å². The Labute approximate surface area is 108 Å². The predicted octanol–water partition coefficient (Wildman–Crippen LogP) is 1.20. The van der Waals surface area contributed by atoms with Crippen LogP contribution in [0.4, 0.5) is 0 Å². The molecule has 0 radical (unpaired) electrons. The van der Waals surface area contributed by atoms with Gasteiger partial charge in [-0.2, -0.15) is 0 Å². The predicted molar refractivity (Wildman–Crippen MR) is 70.7 cm³/mol. The number of hydrogen-bond acceptors (Lipinski definition) is 4. The number of nitrogens with two attached hydrogens (primary N) is 2. The molecular weight excluding hydrogens is 230 g/mol. The third-order valence-corrected chi connectivity index (χ3v) is 2.47. The summed E-state index contributed by atoms with van der Waals surface area (Å²) in [5.74, 6) is 5.95. The zero-order valence-electron chi connectivity index (χ0n) is 11.1. The lowest BCUT2D eigenvalue weighted by Gasteiger charge is -2.16. The van der Waals surface area contributed by atoms with Gasteiger partial charge in [-0.05, 0) is 31.5 Å². The summed E-state index contributed by atoms with van der Waals surface area (Å²) in [7, 11) is 1.51. The quantitative estimate of drug-likeness (QED) is 0.468. The molecule has 0 fully saturated rings. The number of nitrogens with zero attached hydrogens (tertiary/aromatic N) is 1. The van der Waals surface area contributed by atoms with Crippen LogP contribution >= 0.6 is 0 Å². The standard InChI is InChI=1S/C13H21N3O2/c1-9(2)18-11-6-4-10(5-7-11)12(14)8-13(17)16(3)15/h4-7,9,12H,8,14-15H2,1-3H3. The van der Waals surface area contributed by atoms with Crippen molar-refractivity contribution in [2.45, 2.75) is 32.4 Å². The molecule has 0 aromatic heterocycles. The minimum atomic E-state index is -0.350. The summed E-state index contributed by atoms with van der Waals surface area (Å²) in [4.78, 5) is 11.4. The van der Waals surface area contributed by atoms with Gasteiger partial charge >= 0.3 is 0 Å². The number of amides is 1. The molecule has 1 atom stereocenters. The average Bonchev–Trinajstić information content (AvgIpc) is 2.28. The number of hydrazine groups is 1. The number of rotatable bonds is 5. The number of hydrogen-bond donors (Lipinski definition) is 2. The molecule has 1 rings (SSSR count). The first-order valence-electron chi connectivity index (χ1n) is 5.93. The van der Waals surface area contributed by atoms with Crippen LogP contribution in [0.15, 0.2) is 24.3 Å². The molecule has 0 saturated carbocycles. The lowest BCUT2D eigenvalue weighted by molar-refractivity contribution is -0.130. The van der Waals surface area contributed by atoms with E-state index in [1.165, 1.54) is 7.05 Å². The van der Waals surface area contributed by atoms with E-state index in [0.29, 0.717) is 0 Å². The molecule has 0 saturated heterocycles. The van der Waals surface area contributed by atoms with Crippen LogP contribution in [0, 0.1) is 0 Å². The van der Waals surface area contributed by atoms with E-state index in [1.54, 1.807) is 0 Å². The maximum Gasteiger partial charge on any atom is 0.238 e. The van der Waals surface area contributed by atoms with Crippen LogP contribution < -0.4 is 16.3 Å². The van der Waals surface area contributed by atoms with Crippen molar-refractivity contribution < 1.29 is 9.53 Å². The first-order valence-corrected chi connectivity index (χ1v) is 5.93. The topological polar surface area (TPSA) is 81.6 Å². The molecule has 0 bridgehead atoms. The Morgan fingerprint density at radius 2 is 1.89 bits per heavy atom. The highest BCUT2D eigenvalue weighted by atomic mass is 16.5. The van der Waals surface area contributed by atoms with E-state index in [2.05, 4.69) is 0 Å². The van der Waals surface area contributed by atoms with Gasteiger partial charge in [0.25, 0.3) is 0 Å². The highest BCUT2D eigenvalue weighted by molar-refractivity contribution is 5.76. The summed E-state index contributed by atoms with van der Waals surface area (Å²) in [6, 6.07) is 7.09.